The SMILES string of the molecule is CC(=O)c1csc(N(CCC(C)C)C2CCCC2)n1. The zero-order chi connectivity index (χ0) is 13.8. The first-order valence-electron chi connectivity index (χ1n) is 7.31. The van der Waals surface area contributed by atoms with E-state index in [2.05, 4.69) is 23.7 Å². The summed E-state index contributed by atoms with van der Waals surface area (Å²) in [5, 5.41) is 2.94. The summed E-state index contributed by atoms with van der Waals surface area (Å²) in [6, 6.07) is 0.629. The lowest BCUT2D eigenvalue weighted by atomic mass is 10.1. The van der Waals surface area contributed by atoms with E-state index in [0.717, 1.165) is 11.7 Å². The van der Waals surface area contributed by atoms with Crippen LogP contribution in [-0.2, 0) is 0 Å². The number of anilines is 1. The molecule has 4 heteroatoms. The fraction of sp³-hybridized carbons (Fsp3) is 0.733. The largest absolute Gasteiger partial charge is 0.345 e. The maximum Gasteiger partial charge on any atom is 0.186 e. The van der Waals surface area contributed by atoms with Crippen LogP contribution in [0.5, 0.6) is 0 Å². The van der Waals surface area contributed by atoms with Crippen LogP contribution in [-0.4, -0.2) is 23.4 Å². The molecule has 1 fully saturated rings. The van der Waals surface area contributed by atoms with Crippen LogP contribution in [0, 0.1) is 5.92 Å². The Morgan fingerprint density at radius 2 is 2.16 bits per heavy atom. The van der Waals surface area contributed by atoms with Gasteiger partial charge in [0.15, 0.2) is 10.9 Å². The first-order chi connectivity index (χ1) is 9.08. The third-order valence-corrected chi connectivity index (χ3v) is 4.69. The van der Waals surface area contributed by atoms with Crippen LogP contribution < -0.4 is 4.90 Å². The van der Waals surface area contributed by atoms with Crippen molar-refractivity contribution in [2.45, 2.75) is 58.9 Å². The van der Waals surface area contributed by atoms with Crippen LogP contribution in [0.1, 0.15) is 63.4 Å². The van der Waals surface area contributed by atoms with Gasteiger partial charge < -0.3 is 4.90 Å². The molecule has 0 aromatic carbocycles. The van der Waals surface area contributed by atoms with Crippen molar-refractivity contribution in [2.75, 3.05) is 11.4 Å². The van der Waals surface area contributed by atoms with Gasteiger partial charge in [-0.3, -0.25) is 4.79 Å². The molecule has 0 radical (unpaired) electrons. The lowest BCUT2D eigenvalue weighted by molar-refractivity contribution is 0.101. The van der Waals surface area contributed by atoms with E-state index in [1.54, 1.807) is 18.3 Å². The Bertz CT molecular complexity index is 422. The molecule has 0 saturated heterocycles. The number of rotatable bonds is 6. The van der Waals surface area contributed by atoms with E-state index in [9.17, 15) is 4.79 Å². The number of hydrogen-bond acceptors (Lipinski definition) is 4. The van der Waals surface area contributed by atoms with Crippen molar-refractivity contribution in [1.29, 1.82) is 0 Å². The predicted octanol–water partition coefficient (Wildman–Crippen LogP) is 4.14. The minimum atomic E-state index is 0.0673. The maximum atomic E-state index is 11.4. The van der Waals surface area contributed by atoms with Gasteiger partial charge in [0.25, 0.3) is 0 Å². The van der Waals surface area contributed by atoms with Gasteiger partial charge in [-0.2, -0.15) is 0 Å². The summed E-state index contributed by atoms with van der Waals surface area (Å²) in [6.07, 6.45) is 6.38. The normalized spacial score (nSPS) is 16.2. The lowest BCUT2D eigenvalue weighted by Gasteiger charge is -2.29. The highest BCUT2D eigenvalue weighted by Crippen LogP contribution is 2.31. The molecule has 0 spiro atoms. The molecule has 106 valence electrons. The van der Waals surface area contributed by atoms with Crippen molar-refractivity contribution in [3.05, 3.63) is 11.1 Å². The predicted molar refractivity (Wildman–Crippen MR) is 81.2 cm³/mol. The standard InChI is InChI=1S/C15H24N2OS/c1-11(2)8-9-17(13-6-4-5-7-13)15-16-14(10-19-15)12(3)18/h10-11,13H,4-9H2,1-3H3. The van der Waals surface area contributed by atoms with Crippen molar-refractivity contribution >= 4 is 22.3 Å². The Balaban J connectivity index is 2.12. The van der Waals surface area contributed by atoms with Crippen LogP contribution in [0.15, 0.2) is 5.38 Å². The van der Waals surface area contributed by atoms with Crippen LogP contribution in [0.3, 0.4) is 0 Å². The van der Waals surface area contributed by atoms with E-state index >= 15 is 0 Å². The quantitative estimate of drug-likeness (QED) is 0.734. The Morgan fingerprint density at radius 3 is 2.68 bits per heavy atom. The number of carbonyl (C=O) groups is 1. The third-order valence-electron chi connectivity index (χ3n) is 3.81. The molecule has 19 heavy (non-hydrogen) atoms. The number of thiazole rings is 1. The average Bonchev–Trinajstić information content (AvgIpc) is 2.98. The molecule has 0 bridgehead atoms. The minimum Gasteiger partial charge on any atom is -0.345 e. The topological polar surface area (TPSA) is 33.2 Å². The molecule has 1 aliphatic carbocycles. The fourth-order valence-electron chi connectivity index (χ4n) is 2.61. The first-order valence-corrected chi connectivity index (χ1v) is 8.19. The van der Waals surface area contributed by atoms with Crippen molar-refractivity contribution in [1.82, 2.24) is 4.98 Å². The van der Waals surface area contributed by atoms with Gasteiger partial charge in [-0.1, -0.05) is 26.7 Å². The first kappa shape index (κ1) is 14.5. The number of nitrogens with zero attached hydrogens (tertiary/aromatic N) is 2. The number of hydrogen-bond donors (Lipinski definition) is 0. The highest BCUT2D eigenvalue weighted by Gasteiger charge is 2.25. The van der Waals surface area contributed by atoms with Gasteiger partial charge in [-0.25, -0.2) is 4.98 Å². The van der Waals surface area contributed by atoms with Crippen molar-refractivity contribution < 1.29 is 4.79 Å². The number of Topliss-reactive ketones (excluding diaryl/α,β-unsaturated/α-hetero) is 1. The summed E-state index contributed by atoms with van der Waals surface area (Å²) in [5.41, 5.74) is 0.618. The van der Waals surface area contributed by atoms with Crippen LogP contribution in [0.2, 0.25) is 0 Å². The molecule has 0 atom stereocenters. The monoisotopic (exact) mass is 280 g/mol. The number of aromatic nitrogens is 1. The highest BCUT2D eigenvalue weighted by atomic mass is 32.1. The summed E-state index contributed by atoms with van der Waals surface area (Å²) >= 11 is 1.62. The summed E-state index contributed by atoms with van der Waals surface area (Å²) in [6.45, 7) is 7.17. The molecule has 0 unspecified atom stereocenters. The number of carbonyl (C=O) groups excluding carboxylic acids is 1. The van der Waals surface area contributed by atoms with Gasteiger partial charge >= 0.3 is 0 Å². The Morgan fingerprint density at radius 1 is 1.47 bits per heavy atom. The van der Waals surface area contributed by atoms with Gasteiger partial charge in [0, 0.05) is 24.9 Å². The van der Waals surface area contributed by atoms with E-state index in [4.69, 9.17) is 0 Å². The highest BCUT2D eigenvalue weighted by molar-refractivity contribution is 7.13. The van der Waals surface area contributed by atoms with Crippen molar-refractivity contribution in [3.8, 4) is 0 Å². The lowest BCUT2D eigenvalue weighted by Crippen LogP contribution is -2.34. The average molecular weight is 280 g/mol. The van der Waals surface area contributed by atoms with Crippen molar-refractivity contribution in [2.24, 2.45) is 5.92 Å². The number of ketones is 1. The zero-order valence-electron chi connectivity index (χ0n) is 12.2. The molecule has 1 aromatic heterocycles. The fourth-order valence-corrected chi connectivity index (χ4v) is 3.57. The zero-order valence-corrected chi connectivity index (χ0v) is 13.0. The minimum absolute atomic E-state index is 0.0673. The third kappa shape index (κ3) is 3.78. The molecule has 0 amide bonds. The second-order valence-electron chi connectivity index (χ2n) is 5.89. The van der Waals surface area contributed by atoms with Gasteiger partial charge in [0.05, 0.1) is 0 Å². The molecule has 1 saturated carbocycles. The smallest absolute Gasteiger partial charge is 0.186 e. The van der Waals surface area contributed by atoms with E-state index < -0.39 is 0 Å². The summed E-state index contributed by atoms with van der Waals surface area (Å²) in [7, 11) is 0. The van der Waals surface area contributed by atoms with Crippen molar-refractivity contribution in [3.63, 3.8) is 0 Å². The van der Waals surface area contributed by atoms with Gasteiger partial charge in [-0.15, -0.1) is 11.3 Å². The Hall–Kier alpha value is -0.900. The second-order valence-corrected chi connectivity index (χ2v) is 6.72. The van der Waals surface area contributed by atoms with Crippen LogP contribution >= 0.6 is 11.3 Å². The molecular formula is C15H24N2OS. The molecule has 0 N–H and O–H groups in total. The molecule has 1 heterocycles. The van der Waals surface area contributed by atoms with Crippen LogP contribution in [0.4, 0.5) is 5.13 Å². The summed E-state index contributed by atoms with van der Waals surface area (Å²) in [4.78, 5) is 18.4. The molecule has 0 aliphatic heterocycles. The molecule has 2 rings (SSSR count). The molecule has 3 nitrogen and oxygen atoms in total. The molecule has 1 aromatic rings. The van der Waals surface area contributed by atoms with Gasteiger partial charge in [0.2, 0.25) is 0 Å². The van der Waals surface area contributed by atoms with E-state index in [1.807, 2.05) is 5.38 Å². The van der Waals surface area contributed by atoms with Gasteiger partial charge in [-0.05, 0) is 25.2 Å². The summed E-state index contributed by atoms with van der Waals surface area (Å²) < 4.78 is 0. The van der Waals surface area contributed by atoms with Crippen LogP contribution in [0.25, 0.3) is 0 Å². The van der Waals surface area contributed by atoms with E-state index in [-0.39, 0.29) is 5.78 Å². The Kier molecular flexibility index (Phi) is 4.97. The van der Waals surface area contributed by atoms with Gasteiger partial charge in [0.1, 0.15) is 5.69 Å². The Labute approximate surface area is 120 Å². The van der Waals surface area contributed by atoms with E-state index in [1.165, 1.54) is 32.1 Å². The second kappa shape index (κ2) is 6.51. The maximum absolute atomic E-state index is 11.4. The molecular weight excluding hydrogens is 256 g/mol. The molecule has 1 aliphatic rings. The summed E-state index contributed by atoms with van der Waals surface area (Å²) in [5.74, 6) is 0.772. The van der Waals surface area contributed by atoms with E-state index in [0.29, 0.717) is 17.7 Å².